The molecule has 1 aliphatic heterocycles. The van der Waals surface area contributed by atoms with Gasteiger partial charge in [0.05, 0.1) is 11.5 Å². The molecule has 5 nitrogen and oxygen atoms in total. The van der Waals surface area contributed by atoms with Crippen LogP contribution in [-0.4, -0.2) is 37.0 Å². The van der Waals surface area contributed by atoms with Crippen LogP contribution in [0.25, 0.3) is 0 Å². The fourth-order valence-corrected chi connectivity index (χ4v) is 3.99. The minimum atomic E-state index is -3.04. The van der Waals surface area contributed by atoms with E-state index >= 15 is 0 Å². The Bertz CT molecular complexity index is 541. The number of aliphatic carboxylic acids is 1. The molecule has 2 N–H and O–H groups in total. The zero-order chi connectivity index (χ0) is 13.9. The molecule has 1 aromatic carbocycles. The van der Waals surface area contributed by atoms with Crippen molar-refractivity contribution in [2.45, 2.75) is 24.9 Å². The second-order valence-electron chi connectivity index (χ2n) is 4.80. The SMILES string of the molecule is O=C(O)C(NC1CCCS(=O)(=O)C1)c1ccccc1. The van der Waals surface area contributed by atoms with E-state index in [1.54, 1.807) is 24.3 Å². The standard InChI is InChI=1S/C13H17NO4S/c15-13(16)12(10-5-2-1-3-6-10)14-11-7-4-8-19(17,18)9-11/h1-3,5-6,11-12,14H,4,7-9H2,(H,15,16). The van der Waals surface area contributed by atoms with Crippen LogP contribution in [-0.2, 0) is 14.6 Å². The number of carbonyl (C=O) groups is 1. The van der Waals surface area contributed by atoms with Gasteiger partial charge in [0.1, 0.15) is 6.04 Å². The lowest BCUT2D eigenvalue weighted by molar-refractivity contribution is -0.139. The third kappa shape index (κ3) is 3.78. The van der Waals surface area contributed by atoms with E-state index in [-0.39, 0.29) is 17.5 Å². The van der Waals surface area contributed by atoms with E-state index in [0.29, 0.717) is 18.4 Å². The van der Waals surface area contributed by atoms with Crippen molar-refractivity contribution in [3.63, 3.8) is 0 Å². The van der Waals surface area contributed by atoms with Crippen LogP contribution in [0.2, 0.25) is 0 Å². The fourth-order valence-electron chi connectivity index (χ4n) is 2.35. The topological polar surface area (TPSA) is 83.5 Å². The third-order valence-corrected chi connectivity index (χ3v) is 5.07. The highest BCUT2D eigenvalue weighted by Gasteiger charge is 2.29. The van der Waals surface area contributed by atoms with Gasteiger partial charge in [-0.05, 0) is 18.4 Å². The zero-order valence-corrected chi connectivity index (χ0v) is 11.3. The summed E-state index contributed by atoms with van der Waals surface area (Å²) in [6.45, 7) is 0. The van der Waals surface area contributed by atoms with Crippen molar-refractivity contribution in [1.29, 1.82) is 0 Å². The van der Waals surface area contributed by atoms with Crippen LogP contribution in [0.5, 0.6) is 0 Å². The van der Waals surface area contributed by atoms with Crippen LogP contribution < -0.4 is 5.32 Å². The van der Waals surface area contributed by atoms with Crippen LogP contribution in [0.4, 0.5) is 0 Å². The minimum Gasteiger partial charge on any atom is -0.480 e. The Labute approximate surface area is 112 Å². The molecule has 2 unspecified atom stereocenters. The largest absolute Gasteiger partial charge is 0.480 e. The fraction of sp³-hybridized carbons (Fsp3) is 0.462. The van der Waals surface area contributed by atoms with Crippen molar-refractivity contribution in [3.8, 4) is 0 Å². The van der Waals surface area contributed by atoms with Gasteiger partial charge in [-0.25, -0.2) is 8.42 Å². The van der Waals surface area contributed by atoms with Gasteiger partial charge in [-0.2, -0.15) is 0 Å². The molecule has 0 bridgehead atoms. The molecule has 0 spiro atoms. The summed E-state index contributed by atoms with van der Waals surface area (Å²) in [6, 6.07) is 7.65. The van der Waals surface area contributed by atoms with E-state index in [2.05, 4.69) is 5.32 Å². The van der Waals surface area contributed by atoms with Gasteiger partial charge < -0.3 is 5.11 Å². The maximum atomic E-state index is 11.6. The molecular formula is C13H17NO4S. The lowest BCUT2D eigenvalue weighted by atomic mass is 10.0. The Hall–Kier alpha value is -1.40. The quantitative estimate of drug-likeness (QED) is 0.860. The summed E-state index contributed by atoms with van der Waals surface area (Å²) >= 11 is 0. The molecule has 0 saturated carbocycles. The van der Waals surface area contributed by atoms with Crippen molar-refractivity contribution < 1.29 is 18.3 Å². The average Bonchev–Trinajstić information content (AvgIpc) is 2.35. The predicted octanol–water partition coefficient (Wildman–Crippen LogP) is 0.979. The highest BCUT2D eigenvalue weighted by atomic mass is 32.2. The summed E-state index contributed by atoms with van der Waals surface area (Å²) in [5.41, 5.74) is 0.637. The minimum absolute atomic E-state index is 0.0175. The molecule has 1 aromatic rings. The lowest BCUT2D eigenvalue weighted by Gasteiger charge is -2.26. The number of nitrogens with one attached hydrogen (secondary N) is 1. The predicted molar refractivity (Wildman–Crippen MR) is 71.6 cm³/mol. The molecular weight excluding hydrogens is 266 g/mol. The second kappa shape index (κ2) is 5.71. The molecule has 19 heavy (non-hydrogen) atoms. The summed E-state index contributed by atoms with van der Waals surface area (Å²) in [4.78, 5) is 11.3. The van der Waals surface area contributed by atoms with Crippen molar-refractivity contribution in [2.24, 2.45) is 0 Å². The van der Waals surface area contributed by atoms with Crippen LogP contribution in [0.1, 0.15) is 24.4 Å². The Kier molecular flexibility index (Phi) is 4.21. The van der Waals surface area contributed by atoms with Crippen molar-refractivity contribution in [1.82, 2.24) is 5.32 Å². The number of benzene rings is 1. The molecule has 2 atom stereocenters. The Morgan fingerprint density at radius 1 is 1.32 bits per heavy atom. The maximum Gasteiger partial charge on any atom is 0.325 e. The molecule has 1 fully saturated rings. The zero-order valence-electron chi connectivity index (χ0n) is 10.5. The molecule has 0 amide bonds. The molecule has 6 heteroatoms. The normalized spacial score (nSPS) is 23.7. The molecule has 104 valence electrons. The first-order chi connectivity index (χ1) is 8.98. The van der Waals surface area contributed by atoms with Gasteiger partial charge in [0.15, 0.2) is 9.84 Å². The van der Waals surface area contributed by atoms with Gasteiger partial charge >= 0.3 is 5.97 Å². The smallest absolute Gasteiger partial charge is 0.325 e. The Morgan fingerprint density at radius 3 is 2.58 bits per heavy atom. The summed E-state index contributed by atoms with van der Waals surface area (Å²) in [5.74, 6) is -0.771. The van der Waals surface area contributed by atoms with Crippen LogP contribution in [0.3, 0.4) is 0 Å². The third-order valence-electron chi connectivity index (χ3n) is 3.25. The summed E-state index contributed by atoms with van der Waals surface area (Å²) in [6.07, 6.45) is 1.27. The highest BCUT2D eigenvalue weighted by Crippen LogP contribution is 2.18. The Balaban J connectivity index is 2.12. The van der Waals surface area contributed by atoms with E-state index < -0.39 is 21.8 Å². The highest BCUT2D eigenvalue weighted by molar-refractivity contribution is 7.91. The first-order valence-corrected chi connectivity index (χ1v) is 8.04. The Morgan fingerprint density at radius 2 is 2.00 bits per heavy atom. The summed E-state index contributed by atoms with van der Waals surface area (Å²) in [7, 11) is -3.04. The van der Waals surface area contributed by atoms with E-state index in [9.17, 15) is 18.3 Å². The first kappa shape index (κ1) is 14.0. The number of sulfone groups is 1. The summed E-state index contributed by atoms with van der Waals surface area (Å²) < 4.78 is 23.1. The average molecular weight is 283 g/mol. The van der Waals surface area contributed by atoms with E-state index in [1.807, 2.05) is 6.07 Å². The van der Waals surface area contributed by atoms with E-state index in [4.69, 9.17) is 0 Å². The second-order valence-corrected chi connectivity index (χ2v) is 7.03. The van der Waals surface area contributed by atoms with E-state index in [0.717, 1.165) is 0 Å². The molecule has 0 radical (unpaired) electrons. The van der Waals surface area contributed by atoms with Crippen LogP contribution in [0, 0.1) is 0 Å². The monoisotopic (exact) mass is 283 g/mol. The van der Waals surface area contributed by atoms with Crippen molar-refractivity contribution in [3.05, 3.63) is 35.9 Å². The number of carboxylic acids is 1. The molecule has 0 aromatic heterocycles. The molecule has 1 aliphatic rings. The van der Waals surface area contributed by atoms with Crippen molar-refractivity contribution in [2.75, 3.05) is 11.5 Å². The van der Waals surface area contributed by atoms with Gasteiger partial charge in [-0.15, -0.1) is 0 Å². The summed E-state index contributed by atoms with van der Waals surface area (Å²) in [5, 5.41) is 12.2. The first-order valence-electron chi connectivity index (χ1n) is 6.22. The van der Waals surface area contributed by atoms with Gasteiger partial charge in [0.25, 0.3) is 0 Å². The maximum absolute atomic E-state index is 11.6. The lowest BCUT2D eigenvalue weighted by Crippen LogP contribution is -2.44. The number of hydrogen-bond donors (Lipinski definition) is 2. The molecule has 1 heterocycles. The number of hydrogen-bond acceptors (Lipinski definition) is 4. The molecule has 1 saturated heterocycles. The van der Waals surface area contributed by atoms with Gasteiger partial charge in [-0.3, -0.25) is 10.1 Å². The van der Waals surface area contributed by atoms with Gasteiger partial charge in [-0.1, -0.05) is 30.3 Å². The van der Waals surface area contributed by atoms with Crippen molar-refractivity contribution >= 4 is 15.8 Å². The van der Waals surface area contributed by atoms with Gasteiger partial charge in [0, 0.05) is 6.04 Å². The number of rotatable bonds is 4. The number of carboxylic acid groups (broad SMARTS) is 1. The van der Waals surface area contributed by atoms with Crippen LogP contribution in [0.15, 0.2) is 30.3 Å². The van der Waals surface area contributed by atoms with Gasteiger partial charge in [0.2, 0.25) is 0 Å². The molecule has 2 rings (SSSR count). The molecule has 0 aliphatic carbocycles. The van der Waals surface area contributed by atoms with Crippen LogP contribution >= 0.6 is 0 Å². The van der Waals surface area contributed by atoms with E-state index in [1.165, 1.54) is 0 Å².